The minimum absolute atomic E-state index is 0.508. The van der Waals surface area contributed by atoms with Gasteiger partial charge in [0.25, 0.3) is 0 Å². The summed E-state index contributed by atoms with van der Waals surface area (Å²) in [6, 6.07) is 15.1. The maximum atomic E-state index is 5.64. The van der Waals surface area contributed by atoms with Crippen LogP contribution in [0.15, 0.2) is 42.5 Å². The molecule has 0 N–H and O–H groups in total. The second-order valence-electron chi connectivity index (χ2n) is 9.43. The number of anilines is 3. The lowest BCUT2D eigenvalue weighted by atomic mass is 9.88. The molecule has 0 aliphatic carbocycles. The molecule has 4 rings (SSSR count). The van der Waals surface area contributed by atoms with Gasteiger partial charge in [0.15, 0.2) is 0 Å². The van der Waals surface area contributed by atoms with Crippen molar-refractivity contribution >= 4 is 28.4 Å². The first kappa shape index (κ1) is 27.6. The van der Waals surface area contributed by atoms with E-state index < -0.39 is 0 Å². The van der Waals surface area contributed by atoms with Crippen molar-refractivity contribution in [3.05, 3.63) is 48.0 Å². The molecule has 0 amide bonds. The van der Waals surface area contributed by atoms with Crippen LogP contribution in [0, 0.1) is 0 Å². The Hall–Kier alpha value is -3.02. The van der Waals surface area contributed by atoms with Crippen molar-refractivity contribution in [2.45, 2.75) is 59.3 Å². The van der Waals surface area contributed by atoms with E-state index in [0.717, 1.165) is 80.3 Å². The predicted octanol–water partition coefficient (Wildman–Crippen LogP) is 6.74. The maximum absolute atomic E-state index is 5.64. The number of aromatic nitrogens is 2. The van der Waals surface area contributed by atoms with Crippen molar-refractivity contribution in [3.63, 3.8) is 0 Å². The lowest BCUT2D eigenvalue weighted by molar-refractivity contribution is 0.397. The normalized spacial score (nSPS) is 13.8. The molecule has 0 spiro atoms. The first-order chi connectivity index (χ1) is 17.5. The number of hydrogen-bond donors (Lipinski definition) is 0. The average Bonchev–Trinajstić information content (AvgIpc) is 2.93. The highest BCUT2D eigenvalue weighted by Gasteiger charge is 2.25. The van der Waals surface area contributed by atoms with Crippen LogP contribution in [-0.2, 0) is 0 Å². The molecule has 1 aliphatic rings. The van der Waals surface area contributed by atoms with Crippen LogP contribution in [0.5, 0.6) is 5.75 Å². The smallest absolute Gasteiger partial charge is 0.227 e. The number of methoxy groups -OCH3 is 1. The van der Waals surface area contributed by atoms with E-state index in [1.54, 1.807) is 7.11 Å². The number of benzene rings is 2. The Morgan fingerprint density at radius 3 is 2.22 bits per heavy atom. The number of fused-ring (bicyclic) bond motifs is 1. The van der Waals surface area contributed by atoms with Crippen LogP contribution in [0.2, 0.25) is 0 Å². The van der Waals surface area contributed by atoms with Crippen molar-refractivity contribution in [2.75, 3.05) is 62.1 Å². The van der Waals surface area contributed by atoms with Crippen molar-refractivity contribution in [3.8, 4) is 5.75 Å². The van der Waals surface area contributed by atoms with Gasteiger partial charge in [0, 0.05) is 51.3 Å². The van der Waals surface area contributed by atoms with E-state index >= 15 is 0 Å². The zero-order chi connectivity index (χ0) is 26.1. The summed E-state index contributed by atoms with van der Waals surface area (Å²) in [5, 5.41) is 1.15. The molecule has 1 fully saturated rings. The summed E-state index contributed by atoms with van der Waals surface area (Å²) in [7, 11) is 5.79. The molecule has 0 radical (unpaired) electrons. The molecule has 2 aromatic carbocycles. The molecule has 1 aromatic heterocycles. The highest BCUT2D eigenvalue weighted by Crippen LogP contribution is 2.37. The van der Waals surface area contributed by atoms with Crippen molar-refractivity contribution in [1.29, 1.82) is 0 Å². The van der Waals surface area contributed by atoms with Gasteiger partial charge in [-0.1, -0.05) is 45.9 Å². The summed E-state index contributed by atoms with van der Waals surface area (Å²) in [6.07, 6.45) is 4.44. The molecule has 6 heteroatoms. The standard InChI is InChI=1S/C28H39N5O.C2H6/c1-6-16-32(17-7-2)22-12-13-25-24(20-22)27(30-28(29-25)31(3)4)33-18-14-21(15-19-33)23-10-8-9-11-26(23)34-5;1-2/h8-13,20-21H,6-7,14-19H2,1-5H3;1-2H3. The minimum Gasteiger partial charge on any atom is -0.496 e. The first-order valence-electron chi connectivity index (χ1n) is 13.7. The number of nitrogens with zero attached hydrogens (tertiary/aromatic N) is 5. The lowest BCUT2D eigenvalue weighted by Crippen LogP contribution is -2.34. The molecule has 0 unspecified atom stereocenters. The molecule has 36 heavy (non-hydrogen) atoms. The highest BCUT2D eigenvalue weighted by atomic mass is 16.5. The predicted molar refractivity (Wildman–Crippen MR) is 155 cm³/mol. The third kappa shape index (κ3) is 6.21. The van der Waals surface area contributed by atoms with Crippen LogP contribution >= 0.6 is 0 Å². The summed E-state index contributed by atoms with van der Waals surface area (Å²) in [5.41, 5.74) is 3.60. The number of ether oxygens (including phenoxy) is 1. The molecule has 2 heterocycles. The number of para-hydroxylation sites is 1. The second-order valence-corrected chi connectivity index (χ2v) is 9.43. The topological polar surface area (TPSA) is 44.7 Å². The fourth-order valence-corrected chi connectivity index (χ4v) is 5.04. The van der Waals surface area contributed by atoms with Crippen LogP contribution in [-0.4, -0.2) is 57.4 Å². The van der Waals surface area contributed by atoms with Crippen molar-refractivity contribution in [2.24, 2.45) is 0 Å². The van der Waals surface area contributed by atoms with Gasteiger partial charge in [-0.15, -0.1) is 0 Å². The number of piperidine rings is 1. The lowest BCUT2D eigenvalue weighted by Gasteiger charge is -2.34. The van der Waals surface area contributed by atoms with Crippen molar-refractivity contribution < 1.29 is 4.74 Å². The zero-order valence-electron chi connectivity index (χ0n) is 23.4. The molecular formula is C30H45N5O. The molecular weight excluding hydrogens is 446 g/mol. The van der Waals surface area contributed by atoms with Crippen LogP contribution in [0.1, 0.15) is 64.9 Å². The van der Waals surface area contributed by atoms with E-state index in [1.165, 1.54) is 11.3 Å². The van der Waals surface area contributed by atoms with Crippen LogP contribution in [0.3, 0.4) is 0 Å². The summed E-state index contributed by atoms with van der Waals surface area (Å²) < 4.78 is 5.64. The molecule has 0 atom stereocenters. The first-order valence-corrected chi connectivity index (χ1v) is 13.7. The zero-order valence-corrected chi connectivity index (χ0v) is 23.4. The van der Waals surface area contributed by atoms with Crippen LogP contribution < -0.4 is 19.4 Å². The summed E-state index contributed by atoms with van der Waals surface area (Å²) >= 11 is 0. The van der Waals surface area contributed by atoms with E-state index in [2.05, 4.69) is 60.0 Å². The minimum atomic E-state index is 0.508. The SMILES string of the molecule is CC.CCCN(CCC)c1ccc2nc(N(C)C)nc(N3CCC(c4ccccc4OC)CC3)c2c1. The molecule has 1 aliphatic heterocycles. The van der Waals surface area contributed by atoms with Gasteiger partial charge in [-0.3, -0.25) is 0 Å². The summed E-state index contributed by atoms with van der Waals surface area (Å²) in [5.74, 6) is 3.33. The van der Waals surface area contributed by atoms with Gasteiger partial charge in [0.1, 0.15) is 11.6 Å². The maximum Gasteiger partial charge on any atom is 0.227 e. The van der Waals surface area contributed by atoms with Gasteiger partial charge in [0.2, 0.25) is 5.95 Å². The molecule has 3 aromatic rings. The van der Waals surface area contributed by atoms with Crippen LogP contribution in [0.4, 0.5) is 17.5 Å². The fraction of sp³-hybridized carbons (Fsp3) is 0.533. The fourth-order valence-electron chi connectivity index (χ4n) is 5.04. The largest absolute Gasteiger partial charge is 0.496 e. The number of hydrogen-bond acceptors (Lipinski definition) is 6. The highest BCUT2D eigenvalue weighted by molar-refractivity contribution is 5.93. The van der Waals surface area contributed by atoms with Gasteiger partial charge in [-0.05, 0) is 61.4 Å². The summed E-state index contributed by atoms with van der Waals surface area (Å²) in [6.45, 7) is 12.6. The monoisotopic (exact) mass is 491 g/mol. The second kappa shape index (κ2) is 13.3. The van der Waals surface area contributed by atoms with Crippen molar-refractivity contribution in [1.82, 2.24) is 9.97 Å². The third-order valence-electron chi connectivity index (χ3n) is 6.77. The third-order valence-corrected chi connectivity index (χ3v) is 6.77. The quantitative estimate of drug-likeness (QED) is 0.330. The average molecular weight is 492 g/mol. The van der Waals surface area contributed by atoms with E-state index in [4.69, 9.17) is 14.7 Å². The number of rotatable bonds is 9. The Balaban J connectivity index is 0.00000176. The van der Waals surface area contributed by atoms with Gasteiger partial charge in [-0.25, -0.2) is 4.98 Å². The Bertz CT molecular complexity index is 1090. The molecule has 196 valence electrons. The summed E-state index contributed by atoms with van der Waals surface area (Å²) in [4.78, 5) is 16.8. The molecule has 0 saturated carbocycles. The van der Waals surface area contributed by atoms with Gasteiger partial charge >= 0.3 is 0 Å². The Morgan fingerprint density at radius 1 is 0.944 bits per heavy atom. The van der Waals surface area contributed by atoms with Gasteiger partial charge < -0.3 is 19.4 Å². The Labute approximate surface area is 218 Å². The Kier molecular flexibility index (Phi) is 10.2. The van der Waals surface area contributed by atoms with Gasteiger partial charge in [0.05, 0.1) is 12.6 Å². The van der Waals surface area contributed by atoms with E-state index in [1.807, 2.05) is 38.9 Å². The van der Waals surface area contributed by atoms with E-state index in [9.17, 15) is 0 Å². The Morgan fingerprint density at radius 2 is 1.61 bits per heavy atom. The van der Waals surface area contributed by atoms with Gasteiger partial charge in [-0.2, -0.15) is 4.98 Å². The molecule has 1 saturated heterocycles. The molecule has 6 nitrogen and oxygen atoms in total. The van der Waals surface area contributed by atoms with E-state index in [-0.39, 0.29) is 0 Å². The van der Waals surface area contributed by atoms with E-state index in [0.29, 0.717) is 5.92 Å². The molecule has 0 bridgehead atoms. The van der Waals surface area contributed by atoms with Crippen LogP contribution in [0.25, 0.3) is 10.9 Å².